The Hall–Kier alpha value is -0.740. The normalized spacial score (nSPS) is 23.6. The minimum atomic E-state index is 0.707. The highest BCUT2D eigenvalue weighted by molar-refractivity contribution is 8.00. The fraction of sp³-hybridized carbons (Fsp3) is 0.667. The fourth-order valence-corrected chi connectivity index (χ4v) is 3.87. The van der Waals surface area contributed by atoms with Crippen molar-refractivity contribution in [3.63, 3.8) is 0 Å². The van der Waals surface area contributed by atoms with Crippen molar-refractivity contribution in [3.8, 4) is 0 Å². The summed E-state index contributed by atoms with van der Waals surface area (Å²) >= 11 is 2.09. The summed E-state index contributed by atoms with van der Waals surface area (Å²) in [6, 6.07) is 4.37. The second-order valence-electron chi connectivity index (χ2n) is 5.34. The van der Waals surface area contributed by atoms with Crippen LogP contribution >= 0.6 is 11.8 Å². The Bertz CT molecular complexity index is 387. The van der Waals surface area contributed by atoms with E-state index in [1.54, 1.807) is 0 Å². The Kier molecular flexibility index (Phi) is 5.52. The van der Waals surface area contributed by atoms with Crippen molar-refractivity contribution in [1.82, 2.24) is 10.3 Å². The third kappa shape index (κ3) is 4.39. The van der Waals surface area contributed by atoms with Crippen molar-refractivity contribution in [2.75, 3.05) is 24.5 Å². The number of thioether (sulfide) groups is 1. The minimum absolute atomic E-state index is 0.707. The lowest BCUT2D eigenvalue weighted by Gasteiger charge is -2.36. The molecule has 2 heterocycles. The minimum Gasteiger partial charge on any atom is -0.369 e. The molecule has 1 aromatic rings. The van der Waals surface area contributed by atoms with Crippen LogP contribution in [-0.4, -0.2) is 35.1 Å². The molecule has 0 amide bonds. The number of nitrogens with zero attached hydrogens (tertiary/aromatic N) is 2. The van der Waals surface area contributed by atoms with Crippen LogP contribution in [-0.2, 0) is 6.54 Å². The van der Waals surface area contributed by atoms with Crippen molar-refractivity contribution in [1.29, 1.82) is 0 Å². The second-order valence-corrected chi connectivity index (χ2v) is 7.23. The van der Waals surface area contributed by atoms with Crippen LogP contribution in [0.2, 0.25) is 0 Å². The quantitative estimate of drug-likeness (QED) is 0.839. The maximum absolute atomic E-state index is 4.45. The molecule has 3 nitrogen and oxygen atoms in total. The summed E-state index contributed by atoms with van der Waals surface area (Å²) in [4.78, 5) is 6.95. The van der Waals surface area contributed by atoms with Crippen molar-refractivity contribution >= 4 is 17.4 Å². The average Bonchev–Trinajstić information content (AvgIpc) is 2.38. The number of rotatable bonds is 5. The van der Waals surface area contributed by atoms with E-state index in [0.717, 1.165) is 38.3 Å². The molecule has 0 saturated carbocycles. The zero-order valence-corrected chi connectivity index (χ0v) is 13.0. The zero-order chi connectivity index (χ0) is 13.7. The molecule has 0 aromatic carbocycles. The first-order chi connectivity index (χ1) is 9.19. The van der Waals surface area contributed by atoms with E-state index in [9.17, 15) is 0 Å². The van der Waals surface area contributed by atoms with Gasteiger partial charge in [-0.3, -0.25) is 4.98 Å². The van der Waals surface area contributed by atoms with Crippen LogP contribution < -0.4 is 10.2 Å². The number of pyridine rings is 1. The molecular formula is C15H25N3S. The van der Waals surface area contributed by atoms with Crippen LogP contribution in [0.15, 0.2) is 18.3 Å². The molecule has 1 N–H and O–H groups in total. The topological polar surface area (TPSA) is 28.2 Å². The van der Waals surface area contributed by atoms with E-state index >= 15 is 0 Å². The summed E-state index contributed by atoms with van der Waals surface area (Å²) in [5.41, 5.74) is 2.46. The monoisotopic (exact) mass is 279 g/mol. The first-order valence-corrected chi connectivity index (χ1v) is 8.19. The summed E-state index contributed by atoms with van der Waals surface area (Å²) in [5.74, 6) is 0. The van der Waals surface area contributed by atoms with E-state index in [-0.39, 0.29) is 0 Å². The predicted octanol–water partition coefficient (Wildman–Crippen LogP) is 2.91. The van der Waals surface area contributed by atoms with Gasteiger partial charge in [0.25, 0.3) is 0 Å². The van der Waals surface area contributed by atoms with Crippen LogP contribution in [0, 0.1) is 0 Å². The number of aromatic nitrogens is 1. The van der Waals surface area contributed by atoms with Crippen molar-refractivity contribution in [3.05, 3.63) is 24.0 Å². The molecule has 2 rings (SSSR count). The average molecular weight is 279 g/mol. The molecule has 0 spiro atoms. The number of hydrogen-bond acceptors (Lipinski definition) is 4. The largest absolute Gasteiger partial charge is 0.369 e. The Morgan fingerprint density at radius 2 is 2.11 bits per heavy atom. The number of anilines is 1. The van der Waals surface area contributed by atoms with Crippen LogP contribution in [0.3, 0.4) is 0 Å². The Labute approximate surface area is 121 Å². The molecule has 0 radical (unpaired) electrons. The molecule has 1 aliphatic rings. The van der Waals surface area contributed by atoms with Gasteiger partial charge in [0.15, 0.2) is 0 Å². The fourth-order valence-electron chi connectivity index (χ4n) is 2.54. The molecule has 4 heteroatoms. The first-order valence-electron chi connectivity index (χ1n) is 7.25. The third-order valence-corrected chi connectivity index (χ3v) is 4.55. The van der Waals surface area contributed by atoms with Gasteiger partial charge < -0.3 is 10.2 Å². The SMILES string of the molecule is CCCNCc1cc(N2CC(C)SC(C)C2)ccn1. The van der Waals surface area contributed by atoms with Crippen LogP contribution in [0.4, 0.5) is 5.69 Å². The Balaban J connectivity index is 2.01. The molecule has 19 heavy (non-hydrogen) atoms. The number of hydrogen-bond donors (Lipinski definition) is 1. The second kappa shape index (κ2) is 7.15. The standard InChI is InChI=1S/C15H25N3S/c1-4-6-16-9-14-8-15(5-7-17-14)18-10-12(2)19-13(3)11-18/h5,7-8,12-13,16H,4,6,9-11H2,1-3H3. The van der Waals surface area contributed by atoms with Gasteiger partial charge in [0.2, 0.25) is 0 Å². The molecule has 0 bridgehead atoms. The first kappa shape index (κ1) is 14.7. The molecular weight excluding hydrogens is 254 g/mol. The van der Waals surface area contributed by atoms with E-state index < -0.39 is 0 Å². The molecule has 106 valence electrons. The third-order valence-electron chi connectivity index (χ3n) is 3.32. The van der Waals surface area contributed by atoms with Crippen molar-refractivity contribution in [2.24, 2.45) is 0 Å². The van der Waals surface area contributed by atoms with Crippen LogP contribution in [0.5, 0.6) is 0 Å². The molecule has 2 atom stereocenters. The van der Waals surface area contributed by atoms with Crippen molar-refractivity contribution < 1.29 is 0 Å². The van der Waals surface area contributed by atoms with Gasteiger partial charge in [-0.25, -0.2) is 0 Å². The maximum Gasteiger partial charge on any atom is 0.0562 e. The van der Waals surface area contributed by atoms with Crippen LogP contribution in [0.1, 0.15) is 32.9 Å². The summed E-state index contributed by atoms with van der Waals surface area (Å²) in [6.07, 6.45) is 3.10. The van der Waals surface area contributed by atoms with Crippen molar-refractivity contribution in [2.45, 2.75) is 44.2 Å². The van der Waals surface area contributed by atoms with E-state index in [0.29, 0.717) is 10.5 Å². The molecule has 0 aliphatic carbocycles. The van der Waals surface area contributed by atoms with Gasteiger partial charge in [0, 0.05) is 42.0 Å². The highest BCUT2D eigenvalue weighted by Crippen LogP contribution is 2.28. The summed E-state index contributed by atoms with van der Waals surface area (Å²) in [6.45, 7) is 11.0. The van der Waals surface area contributed by atoms with E-state index in [1.165, 1.54) is 5.69 Å². The van der Waals surface area contributed by atoms with Gasteiger partial charge in [-0.1, -0.05) is 20.8 Å². The Morgan fingerprint density at radius 3 is 2.79 bits per heavy atom. The maximum atomic E-state index is 4.45. The van der Waals surface area contributed by atoms with E-state index in [1.807, 2.05) is 6.20 Å². The van der Waals surface area contributed by atoms with E-state index in [4.69, 9.17) is 0 Å². The van der Waals surface area contributed by atoms with Crippen LogP contribution in [0.25, 0.3) is 0 Å². The molecule has 1 aliphatic heterocycles. The predicted molar refractivity (Wildman–Crippen MR) is 85.0 cm³/mol. The van der Waals surface area contributed by atoms with Gasteiger partial charge in [-0.2, -0.15) is 11.8 Å². The summed E-state index contributed by atoms with van der Waals surface area (Å²) in [5, 5.41) is 4.83. The molecule has 1 fully saturated rings. The van der Waals surface area contributed by atoms with Gasteiger partial charge in [-0.05, 0) is 25.1 Å². The van der Waals surface area contributed by atoms with Gasteiger partial charge in [0.05, 0.1) is 5.69 Å². The highest BCUT2D eigenvalue weighted by Gasteiger charge is 2.22. The summed E-state index contributed by atoms with van der Waals surface area (Å²) < 4.78 is 0. The lowest BCUT2D eigenvalue weighted by Crippen LogP contribution is -2.40. The Morgan fingerprint density at radius 1 is 1.37 bits per heavy atom. The van der Waals surface area contributed by atoms with Gasteiger partial charge >= 0.3 is 0 Å². The molecule has 1 aromatic heterocycles. The lowest BCUT2D eigenvalue weighted by atomic mass is 10.2. The summed E-state index contributed by atoms with van der Waals surface area (Å²) in [7, 11) is 0. The number of nitrogens with one attached hydrogen (secondary N) is 1. The van der Waals surface area contributed by atoms with Gasteiger partial charge in [0.1, 0.15) is 0 Å². The highest BCUT2D eigenvalue weighted by atomic mass is 32.2. The lowest BCUT2D eigenvalue weighted by molar-refractivity contribution is 0.663. The van der Waals surface area contributed by atoms with E-state index in [2.05, 4.69) is 59.9 Å². The smallest absolute Gasteiger partial charge is 0.0562 e. The molecule has 2 unspecified atom stereocenters. The molecule has 1 saturated heterocycles. The zero-order valence-electron chi connectivity index (χ0n) is 12.2. The van der Waals surface area contributed by atoms with Gasteiger partial charge in [-0.15, -0.1) is 0 Å².